The highest BCUT2D eigenvalue weighted by Crippen LogP contribution is 2.17. The van der Waals surface area contributed by atoms with Gasteiger partial charge in [0.2, 0.25) is 0 Å². The topological polar surface area (TPSA) is 60.9 Å². The highest BCUT2D eigenvalue weighted by molar-refractivity contribution is 6.33. The van der Waals surface area contributed by atoms with E-state index in [-0.39, 0.29) is 5.78 Å². The second-order valence-electron chi connectivity index (χ2n) is 3.03. The summed E-state index contributed by atoms with van der Waals surface area (Å²) < 4.78 is 1.64. The van der Waals surface area contributed by atoms with Crippen LogP contribution < -0.4 is 5.73 Å². The van der Waals surface area contributed by atoms with E-state index in [0.717, 1.165) is 6.42 Å². The first-order valence-corrected chi connectivity index (χ1v) is 5.03. The molecule has 0 aliphatic heterocycles. The van der Waals surface area contributed by atoms with Gasteiger partial charge in [0.15, 0.2) is 5.78 Å². The number of hydrogen-bond acceptors (Lipinski definition) is 3. The van der Waals surface area contributed by atoms with Crippen LogP contribution in [0.25, 0.3) is 0 Å². The highest BCUT2D eigenvalue weighted by Gasteiger charge is 2.15. The number of Topliss-reactive ketones (excluding diaryl/α,β-unsaturated/α-hetero) is 1. The molecule has 0 aliphatic carbocycles. The molecule has 0 aromatic carbocycles. The van der Waals surface area contributed by atoms with Gasteiger partial charge in [-0.3, -0.25) is 9.48 Å². The number of nitrogens with zero attached hydrogens (tertiary/aromatic N) is 2. The summed E-state index contributed by atoms with van der Waals surface area (Å²) in [4.78, 5) is 11.6. The van der Waals surface area contributed by atoms with Crippen LogP contribution in [-0.2, 0) is 6.54 Å². The van der Waals surface area contributed by atoms with Gasteiger partial charge in [0, 0.05) is 13.0 Å². The van der Waals surface area contributed by atoms with Crippen molar-refractivity contribution in [2.24, 2.45) is 5.73 Å². The zero-order valence-electron chi connectivity index (χ0n) is 8.16. The maximum atomic E-state index is 11.6. The molecule has 14 heavy (non-hydrogen) atoms. The molecule has 1 heterocycles. The summed E-state index contributed by atoms with van der Waals surface area (Å²) in [5.74, 6) is -0.0385. The van der Waals surface area contributed by atoms with Crippen LogP contribution in [0.4, 0.5) is 0 Å². The summed E-state index contributed by atoms with van der Waals surface area (Å²) in [5, 5.41) is 4.45. The molecule has 0 atom stereocenters. The predicted octanol–water partition coefficient (Wildman–Crippen LogP) is 1.48. The Bertz CT molecular complexity index is 322. The van der Waals surface area contributed by atoms with E-state index in [1.165, 1.54) is 6.20 Å². The van der Waals surface area contributed by atoms with Gasteiger partial charge in [0.05, 0.1) is 11.2 Å². The van der Waals surface area contributed by atoms with E-state index in [1.54, 1.807) is 4.68 Å². The second kappa shape index (κ2) is 5.12. The van der Waals surface area contributed by atoms with Crippen molar-refractivity contribution in [3.05, 3.63) is 16.9 Å². The summed E-state index contributed by atoms with van der Waals surface area (Å²) in [6.45, 7) is 3.07. The number of carbonyl (C=O) groups excluding carboxylic acids is 1. The highest BCUT2D eigenvalue weighted by atomic mass is 35.5. The summed E-state index contributed by atoms with van der Waals surface area (Å²) in [5.41, 5.74) is 5.80. The van der Waals surface area contributed by atoms with E-state index in [4.69, 9.17) is 17.3 Å². The van der Waals surface area contributed by atoms with Crippen molar-refractivity contribution in [2.75, 3.05) is 6.54 Å². The Kier molecular flexibility index (Phi) is 4.10. The Balaban J connectivity index is 2.92. The average Bonchev–Trinajstić information content (AvgIpc) is 2.48. The van der Waals surface area contributed by atoms with Crippen LogP contribution in [0.15, 0.2) is 6.20 Å². The number of nitrogens with two attached hydrogens (primary N) is 1. The van der Waals surface area contributed by atoms with E-state index < -0.39 is 0 Å². The van der Waals surface area contributed by atoms with Crippen molar-refractivity contribution in [3.8, 4) is 0 Å². The van der Waals surface area contributed by atoms with Crippen molar-refractivity contribution >= 4 is 17.4 Å². The SMILES string of the molecule is CCCn1ncc(Cl)c1C(=O)CCN. The fourth-order valence-electron chi connectivity index (χ4n) is 1.27. The molecule has 0 saturated carbocycles. The van der Waals surface area contributed by atoms with Gasteiger partial charge in [0.1, 0.15) is 5.69 Å². The van der Waals surface area contributed by atoms with Gasteiger partial charge >= 0.3 is 0 Å². The third kappa shape index (κ3) is 2.33. The predicted molar refractivity (Wildman–Crippen MR) is 55.5 cm³/mol. The average molecular weight is 216 g/mol. The van der Waals surface area contributed by atoms with Gasteiger partial charge < -0.3 is 5.73 Å². The Morgan fingerprint density at radius 2 is 2.43 bits per heavy atom. The Morgan fingerprint density at radius 1 is 1.71 bits per heavy atom. The number of ketones is 1. The van der Waals surface area contributed by atoms with Crippen LogP contribution in [0.2, 0.25) is 5.02 Å². The van der Waals surface area contributed by atoms with E-state index in [1.807, 2.05) is 6.92 Å². The summed E-state index contributed by atoms with van der Waals surface area (Å²) in [7, 11) is 0. The number of aryl methyl sites for hydroxylation is 1. The fourth-order valence-corrected chi connectivity index (χ4v) is 1.52. The van der Waals surface area contributed by atoms with Crippen molar-refractivity contribution in [3.63, 3.8) is 0 Å². The van der Waals surface area contributed by atoms with E-state index in [9.17, 15) is 4.79 Å². The molecule has 0 unspecified atom stereocenters. The molecule has 0 bridgehead atoms. The first-order chi connectivity index (χ1) is 6.70. The minimum Gasteiger partial charge on any atom is -0.330 e. The molecule has 0 radical (unpaired) electrons. The maximum absolute atomic E-state index is 11.6. The molecule has 2 N–H and O–H groups in total. The molecule has 1 rings (SSSR count). The van der Waals surface area contributed by atoms with Gasteiger partial charge in [-0.15, -0.1) is 0 Å². The molecule has 78 valence electrons. The molecular formula is C9H14ClN3O. The lowest BCUT2D eigenvalue weighted by molar-refractivity contribution is 0.0975. The molecule has 1 aromatic heterocycles. The van der Waals surface area contributed by atoms with Gasteiger partial charge in [-0.05, 0) is 13.0 Å². The van der Waals surface area contributed by atoms with Crippen LogP contribution in [0.3, 0.4) is 0 Å². The zero-order valence-corrected chi connectivity index (χ0v) is 8.92. The van der Waals surface area contributed by atoms with Crippen molar-refractivity contribution in [1.29, 1.82) is 0 Å². The Labute approximate surface area is 88.0 Å². The van der Waals surface area contributed by atoms with E-state index in [2.05, 4.69) is 5.10 Å². The number of carbonyl (C=O) groups is 1. The van der Waals surface area contributed by atoms with E-state index in [0.29, 0.717) is 30.2 Å². The first kappa shape index (κ1) is 11.2. The van der Waals surface area contributed by atoms with Crippen LogP contribution in [0.1, 0.15) is 30.3 Å². The molecule has 0 spiro atoms. The third-order valence-corrected chi connectivity index (χ3v) is 2.14. The standard InChI is InChI=1S/C9H14ClN3O/c1-2-5-13-9(7(10)6-12-13)8(14)3-4-11/h6H,2-5,11H2,1H3. The van der Waals surface area contributed by atoms with Gasteiger partial charge in [-0.1, -0.05) is 18.5 Å². The number of rotatable bonds is 5. The molecule has 0 fully saturated rings. The smallest absolute Gasteiger partial charge is 0.183 e. The molecule has 0 aliphatic rings. The Hall–Kier alpha value is -0.870. The number of halogens is 1. The van der Waals surface area contributed by atoms with Crippen LogP contribution in [-0.4, -0.2) is 22.1 Å². The molecule has 4 nitrogen and oxygen atoms in total. The fraction of sp³-hybridized carbons (Fsp3) is 0.556. The second-order valence-corrected chi connectivity index (χ2v) is 3.43. The summed E-state index contributed by atoms with van der Waals surface area (Å²) in [6, 6.07) is 0. The van der Waals surface area contributed by atoms with Crippen LogP contribution >= 0.6 is 11.6 Å². The summed E-state index contributed by atoms with van der Waals surface area (Å²) >= 11 is 5.87. The third-order valence-electron chi connectivity index (χ3n) is 1.87. The van der Waals surface area contributed by atoms with Gasteiger partial charge in [-0.25, -0.2) is 0 Å². The Morgan fingerprint density at radius 3 is 3.00 bits per heavy atom. The summed E-state index contributed by atoms with van der Waals surface area (Å²) in [6.07, 6.45) is 2.73. The normalized spacial score (nSPS) is 10.5. The number of hydrogen-bond donors (Lipinski definition) is 1. The minimum absolute atomic E-state index is 0.0385. The maximum Gasteiger partial charge on any atom is 0.183 e. The van der Waals surface area contributed by atoms with Gasteiger partial charge in [0.25, 0.3) is 0 Å². The molecule has 0 saturated heterocycles. The van der Waals surface area contributed by atoms with Crippen LogP contribution in [0.5, 0.6) is 0 Å². The van der Waals surface area contributed by atoms with E-state index >= 15 is 0 Å². The first-order valence-electron chi connectivity index (χ1n) is 4.65. The van der Waals surface area contributed by atoms with Crippen molar-refractivity contribution < 1.29 is 4.79 Å². The lowest BCUT2D eigenvalue weighted by Gasteiger charge is -2.04. The quantitative estimate of drug-likeness (QED) is 0.757. The minimum atomic E-state index is -0.0385. The molecule has 5 heteroatoms. The molecule has 1 aromatic rings. The lowest BCUT2D eigenvalue weighted by Crippen LogP contribution is -2.14. The van der Waals surface area contributed by atoms with Crippen LogP contribution in [0, 0.1) is 0 Å². The van der Waals surface area contributed by atoms with Crippen molar-refractivity contribution in [2.45, 2.75) is 26.3 Å². The molecule has 0 amide bonds. The number of aromatic nitrogens is 2. The monoisotopic (exact) mass is 215 g/mol. The van der Waals surface area contributed by atoms with Crippen molar-refractivity contribution in [1.82, 2.24) is 9.78 Å². The molecular weight excluding hydrogens is 202 g/mol. The lowest BCUT2D eigenvalue weighted by atomic mass is 10.2. The zero-order chi connectivity index (χ0) is 10.6. The largest absolute Gasteiger partial charge is 0.330 e. The van der Waals surface area contributed by atoms with Gasteiger partial charge in [-0.2, -0.15) is 5.10 Å².